The van der Waals surface area contributed by atoms with Crippen LogP contribution in [0.3, 0.4) is 0 Å². The molecule has 0 radical (unpaired) electrons. The fourth-order valence-corrected chi connectivity index (χ4v) is 2.41. The van der Waals surface area contributed by atoms with Crippen molar-refractivity contribution >= 4 is 17.3 Å². The molecule has 1 fully saturated rings. The van der Waals surface area contributed by atoms with E-state index in [1.165, 1.54) is 0 Å². The number of allylic oxidation sites excluding steroid dienone is 3. The molecule has 0 amide bonds. The number of rotatable bonds is 4. The van der Waals surface area contributed by atoms with Crippen molar-refractivity contribution in [2.75, 3.05) is 19.3 Å². The summed E-state index contributed by atoms with van der Waals surface area (Å²) in [6.45, 7) is 2.09. The molecular weight excluding hydrogens is 254 g/mol. The van der Waals surface area contributed by atoms with E-state index in [2.05, 4.69) is 4.90 Å². The topological polar surface area (TPSA) is 50.6 Å². The van der Waals surface area contributed by atoms with Gasteiger partial charge in [0.25, 0.3) is 0 Å². The van der Waals surface area contributed by atoms with Crippen LogP contribution < -0.4 is 0 Å². The Labute approximate surface area is 117 Å². The van der Waals surface area contributed by atoms with Gasteiger partial charge in [0.15, 0.2) is 0 Å². The zero-order valence-electron chi connectivity index (χ0n) is 10.6. The van der Waals surface area contributed by atoms with E-state index in [1.807, 2.05) is 54.8 Å². The van der Waals surface area contributed by atoms with Gasteiger partial charge in [-0.05, 0) is 17.9 Å². The molecule has 1 aliphatic heterocycles. The molecule has 0 atom stereocenters. The van der Waals surface area contributed by atoms with Crippen LogP contribution in [-0.2, 0) is 0 Å². The second-order valence-corrected chi connectivity index (χ2v) is 4.88. The average Bonchev–Trinajstić information content (AvgIpc) is 3.29. The number of hydrogen-bond acceptors (Lipinski definition) is 4. The summed E-state index contributed by atoms with van der Waals surface area (Å²) in [5, 5.41) is 19.3. The van der Waals surface area contributed by atoms with Gasteiger partial charge in [-0.2, -0.15) is 10.5 Å². The van der Waals surface area contributed by atoms with Gasteiger partial charge in [0, 0.05) is 18.7 Å². The van der Waals surface area contributed by atoms with Gasteiger partial charge in [-0.1, -0.05) is 30.3 Å². The van der Waals surface area contributed by atoms with Crippen LogP contribution >= 0.6 is 11.8 Å². The maximum Gasteiger partial charge on any atom is 0.137 e. The van der Waals surface area contributed by atoms with Crippen LogP contribution in [0.15, 0.2) is 47.0 Å². The normalized spacial score (nSPS) is 13.4. The van der Waals surface area contributed by atoms with Crippen LogP contribution in [0.25, 0.3) is 5.57 Å². The van der Waals surface area contributed by atoms with Gasteiger partial charge in [0.05, 0.1) is 5.03 Å². The zero-order valence-corrected chi connectivity index (χ0v) is 11.4. The van der Waals surface area contributed by atoms with Crippen molar-refractivity contribution in [1.82, 2.24) is 4.90 Å². The third-order valence-corrected chi connectivity index (χ3v) is 3.61. The SMILES string of the molecule is CS/C(=C/C(=C(C#N)C#N)c1ccccc1)N1CC1. The molecule has 0 spiro atoms. The van der Waals surface area contributed by atoms with E-state index >= 15 is 0 Å². The van der Waals surface area contributed by atoms with Gasteiger partial charge >= 0.3 is 0 Å². The molecule has 0 aromatic heterocycles. The van der Waals surface area contributed by atoms with Gasteiger partial charge in [0.1, 0.15) is 17.7 Å². The predicted octanol–water partition coefficient (Wildman–Crippen LogP) is 3.01. The summed E-state index contributed by atoms with van der Waals surface area (Å²) in [5.41, 5.74) is 1.75. The van der Waals surface area contributed by atoms with E-state index in [9.17, 15) is 0 Å². The first-order valence-electron chi connectivity index (χ1n) is 5.90. The van der Waals surface area contributed by atoms with Crippen molar-refractivity contribution in [3.05, 3.63) is 52.6 Å². The van der Waals surface area contributed by atoms with Crippen molar-refractivity contribution in [3.63, 3.8) is 0 Å². The molecular formula is C15H13N3S. The third kappa shape index (κ3) is 3.19. The minimum Gasteiger partial charge on any atom is -0.363 e. The van der Waals surface area contributed by atoms with Gasteiger partial charge in [-0.3, -0.25) is 0 Å². The van der Waals surface area contributed by atoms with Crippen LogP contribution in [0.4, 0.5) is 0 Å². The average molecular weight is 267 g/mol. The minimum atomic E-state index is 0.152. The molecule has 94 valence electrons. The Hall–Kier alpha value is -2.17. The van der Waals surface area contributed by atoms with Crippen molar-refractivity contribution < 1.29 is 0 Å². The first-order valence-corrected chi connectivity index (χ1v) is 7.13. The van der Waals surface area contributed by atoms with Crippen molar-refractivity contribution in [1.29, 1.82) is 10.5 Å². The molecule has 2 rings (SSSR count). The lowest BCUT2D eigenvalue weighted by atomic mass is 10.0. The van der Waals surface area contributed by atoms with E-state index in [0.717, 1.165) is 23.7 Å². The molecule has 1 aliphatic rings. The van der Waals surface area contributed by atoms with E-state index in [0.29, 0.717) is 5.57 Å². The molecule has 4 heteroatoms. The van der Waals surface area contributed by atoms with Gasteiger partial charge in [-0.15, -0.1) is 11.8 Å². The molecule has 19 heavy (non-hydrogen) atoms. The van der Waals surface area contributed by atoms with Crippen LogP contribution in [0, 0.1) is 22.7 Å². The number of benzene rings is 1. The minimum absolute atomic E-state index is 0.152. The van der Waals surface area contributed by atoms with E-state index in [-0.39, 0.29) is 5.57 Å². The third-order valence-electron chi connectivity index (χ3n) is 2.81. The van der Waals surface area contributed by atoms with E-state index in [4.69, 9.17) is 10.5 Å². The van der Waals surface area contributed by atoms with Gasteiger partial charge < -0.3 is 4.90 Å². The van der Waals surface area contributed by atoms with Gasteiger partial charge in [-0.25, -0.2) is 0 Å². The fourth-order valence-electron chi connectivity index (χ4n) is 1.74. The first-order chi connectivity index (χ1) is 9.30. The number of hydrogen-bond donors (Lipinski definition) is 0. The smallest absolute Gasteiger partial charge is 0.137 e. The van der Waals surface area contributed by atoms with Crippen LogP contribution in [0.1, 0.15) is 5.56 Å². The predicted molar refractivity (Wildman–Crippen MR) is 77.8 cm³/mol. The highest BCUT2D eigenvalue weighted by Crippen LogP contribution is 2.29. The quantitative estimate of drug-likeness (QED) is 0.478. The molecule has 1 aromatic carbocycles. The number of thioether (sulfide) groups is 1. The summed E-state index contributed by atoms with van der Waals surface area (Å²) < 4.78 is 0. The second-order valence-electron chi connectivity index (χ2n) is 4.05. The number of nitriles is 2. The lowest BCUT2D eigenvalue weighted by Gasteiger charge is -2.08. The number of nitrogens with zero attached hydrogens (tertiary/aromatic N) is 3. The molecule has 0 aliphatic carbocycles. The monoisotopic (exact) mass is 267 g/mol. The Balaban J connectivity index is 2.51. The van der Waals surface area contributed by atoms with Crippen LogP contribution in [-0.4, -0.2) is 24.2 Å². The molecule has 1 heterocycles. The summed E-state index contributed by atoms with van der Waals surface area (Å²) in [4.78, 5) is 2.21. The highest BCUT2D eigenvalue weighted by molar-refractivity contribution is 8.02. The Kier molecular flexibility index (Phi) is 4.28. The highest BCUT2D eigenvalue weighted by Gasteiger charge is 2.21. The standard InChI is InChI=1S/C15H13N3S/c1-19-15(18-7-8-18)9-14(13(10-16)11-17)12-5-3-2-4-6-12/h2-6,9H,7-8H2,1H3/b15-9+. The lowest BCUT2D eigenvalue weighted by Crippen LogP contribution is -1.95. The Morgan fingerprint density at radius 2 is 1.84 bits per heavy atom. The summed E-state index contributed by atoms with van der Waals surface area (Å²) in [6, 6.07) is 13.5. The maximum absolute atomic E-state index is 9.12. The van der Waals surface area contributed by atoms with Crippen molar-refractivity contribution in [2.45, 2.75) is 0 Å². The van der Waals surface area contributed by atoms with E-state index < -0.39 is 0 Å². The molecule has 0 unspecified atom stereocenters. The van der Waals surface area contributed by atoms with Gasteiger partial charge in [0.2, 0.25) is 0 Å². The van der Waals surface area contributed by atoms with Crippen LogP contribution in [0.2, 0.25) is 0 Å². The van der Waals surface area contributed by atoms with Crippen molar-refractivity contribution in [3.8, 4) is 12.1 Å². The summed E-state index contributed by atoms with van der Waals surface area (Å²) >= 11 is 1.64. The Morgan fingerprint density at radius 1 is 1.21 bits per heavy atom. The summed E-state index contributed by atoms with van der Waals surface area (Å²) in [6.07, 6.45) is 3.94. The molecule has 0 N–H and O–H groups in total. The largest absolute Gasteiger partial charge is 0.363 e. The van der Waals surface area contributed by atoms with E-state index in [1.54, 1.807) is 11.8 Å². The summed E-state index contributed by atoms with van der Waals surface area (Å²) in [7, 11) is 0. The first kappa shape index (κ1) is 13.3. The molecule has 1 aromatic rings. The second kappa shape index (κ2) is 6.13. The van der Waals surface area contributed by atoms with Crippen molar-refractivity contribution in [2.24, 2.45) is 0 Å². The van der Waals surface area contributed by atoms with Crippen LogP contribution in [0.5, 0.6) is 0 Å². The Bertz CT molecular complexity index is 583. The molecule has 0 bridgehead atoms. The molecule has 0 saturated carbocycles. The summed E-state index contributed by atoms with van der Waals surface area (Å²) in [5.74, 6) is 0. The Morgan fingerprint density at radius 3 is 2.32 bits per heavy atom. The maximum atomic E-state index is 9.12. The molecule has 3 nitrogen and oxygen atoms in total. The fraction of sp³-hybridized carbons (Fsp3) is 0.200. The molecule has 1 saturated heterocycles. The lowest BCUT2D eigenvalue weighted by molar-refractivity contribution is 0.755. The zero-order chi connectivity index (χ0) is 13.7. The highest BCUT2D eigenvalue weighted by atomic mass is 32.2.